The highest BCUT2D eigenvalue weighted by molar-refractivity contribution is 5.75. The van der Waals surface area contributed by atoms with Crippen LogP contribution in [0, 0.1) is 5.92 Å². The lowest BCUT2D eigenvalue weighted by atomic mass is 10.0. The van der Waals surface area contributed by atoms with Crippen molar-refractivity contribution in [3.8, 4) is 0 Å². The fraction of sp³-hybridized carbons (Fsp3) is 0.421. The summed E-state index contributed by atoms with van der Waals surface area (Å²) in [5.41, 5.74) is 2.23. The van der Waals surface area contributed by atoms with Gasteiger partial charge in [-0.2, -0.15) is 0 Å². The number of hydrogen-bond acceptors (Lipinski definition) is 3. The molecule has 0 aliphatic carbocycles. The molecule has 0 aliphatic rings. The van der Waals surface area contributed by atoms with Crippen molar-refractivity contribution in [2.24, 2.45) is 13.0 Å². The van der Waals surface area contributed by atoms with Gasteiger partial charge >= 0.3 is 0 Å². The van der Waals surface area contributed by atoms with Crippen LogP contribution in [0.3, 0.4) is 0 Å². The Hall–Kier alpha value is -2.07. The number of imidazole rings is 1. The zero-order valence-corrected chi connectivity index (χ0v) is 14.4. The molecule has 0 radical (unpaired) electrons. The summed E-state index contributed by atoms with van der Waals surface area (Å²) in [4.78, 5) is 7.25. The van der Waals surface area contributed by atoms with E-state index in [4.69, 9.17) is 9.40 Å². The van der Waals surface area contributed by atoms with Crippen LogP contribution in [0.4, 0.5) is 0 Å². The van der Waals surface area contributed by atoms with Gasteiger partial charge in [0.05, 0.1) is 30.4 Å². The minimum absolute atomic E-state index is 0.444. The van der Waals surface area contributed by atoms with E-state index in [2.05, 4.69) is 55.5 Å². The van der Waals surface area contributed by atoms with Crippen molar-refractivity contribution in [2.75, 3.05) is 0 Å². The second-order valence-corrected chi connectivity index (χ2v) is 6.54. The van der Waals surface area contributed by atoms with E-state index in [1.165, 1.54) is 5.52 Å². The molecule has 0 amide bonds. The molecule has 2 heterocycles. The Kier molecular flexibility index (Phi) is 4.53. The molecule has 3 aromatic rings. The van der Waals surface area contributed by atoms with Crippen molar-refractivity contribution in [3.63, 3.8) is 0 Å². The number of nitrogens with zero attached hydrogens (tertiary/aromatic N) is 3. The molecule has 0 aliphatic heterocycles. The lowest BCUT2D eigenvalue weighted by molar-refractivity contribution is 0.136. The number of fused-ring (bicyclic) bond motifs is 1. The average molecular weight is 311 g/mol. The highest BCUT2D eigenvalue weighted by Gasteiger charge is 2.21. The summed E-state index contributed by atoms with van der Waals surface area (Å²) in [6, 6.07) is 12.7. The van der Waals surface area contributed by atoms with Crippen LogP contribution in [0.1, 0.15) is 32.4 Å². The second kappa shape index (κ2) is 6.59. The second-order valence-electron chi connectivity index (χ2n) is 6.54. The lowest BCUT2D eigenvalue weighted by Crippen LogP contribution is -2.36. The van der Waals surface area contributed by atoms with Gasteiger partial charge in [-0.3, -0.25) is 4.90 Å². The Labute approximate surface area is 137 Å². The van der Waals surface area contributed by atoms with E-state index in [0.717, 1.165) is 30.2 Å². The van der Waals surface area contributed by atoms with Gasteiger partial charge in [0, 0.05) is 13.1 Å². The van der Waals surface area contributed by atoms with Gasteiger partial charge < -0.3 is 8.98 Å². The molecule has 0 unspecified atom stereocenters. The first-order valence-electron chi connectivity index (χ1n) is 8.23. The van der Waals surface area contributed by atoms with E-state index in [9.17, 15) is 0 Å². The molecule has 23 heavy (non-hydrogen) atoms. The molecule has 3 rings (SSSR count). The number of aryl methyl sites for hydroxylation is 1. The number of benzene rings is 1. The molecule has 0 bridgehead atoms. The maximum absolute atomic E-state index is 5.55. The van der Waals surface area contributed by atoms with Gasteiger partial charge in [0.25, 0.3) is 0 Å². The van der Waals surface area contributed by atoms with Crippen molar-refractivity contribution in [3.05, 3.63) is 54.2 Å². The van der Waals surface area contributed by atoms with E-state index in [1.807, 2.05) is 18.2 Å². The molecule has 0 saturated heterocycles. The molecular weight excluding hydrogens is 286 g/mol. The lowest BCUT2D eigenvalue weighted by Gasteiger charge is -2.30. The Morgan fingerprint density at radius 2 is 1.87 bits per heavy atom. The van der Waals surface area contributed by atoms with E-state index in [0.29, 0.717) is 12.0 Å². The maximum atomic E-state index is 5.55. The van der Waals surface area contributed by atoms with Gasteiger partial charge in [-0.25, -0.2) is 4.98 Å². The van der Waals surface area contributed by atoms with Gasteiger partial charge in [0.1, 0.15) is 11.6 Å². The molecule has 1 aromatic carbocycles. The predicted molar refractivity (Wildman–Crippen MR) is 93.0 cm³/mol. The molecule has 0 spiro atoms. The third-order valence-corrected chi connectivity index (χ3v) is 4.70. The van der Waals surface area contributed by atoms with Crippen LogP contribution in [0.2, 0.25) is 0 Å². The molecular formula is C19H25N3O. The normalized spacial score (nSPS) is 13.3. The zero-order valence-electron chi connectivity index (χ0n) is 14.4. The summed E-state index contributed by atoms with van der Waals surface area (Å²) < 4.78 is 7.74. The van der Waals surface area contributed by atoms with Crippen LogP contribution in [-0.2, 0) is 20.1 Å². The summed E-state index contributed by atoms with van der Waals surface area (Å²) in [7, 11) is 2.09. The molecule has 0 fully saturated rings. The predicted octanol–water partition coefficient (Wildman–Crippen LogP) is 4.21. The number of para-hydroxylation sites is 2. The number of hydrogen-bond donors (Lipinski definition) is 0. The topological polar surface area (TPSA) is 34.2 Å². The SMILES string of the molecule is CC(C)[C@H](C)N(Cc1ccco1)Cc1nc2ccccc2n1C. The largest absolute Gasteiger partial charge is 0.468 e. The van der Waals surface area contributed by atoms with Crippen molar-refractivity contribution >= 4 is 11.0 Å². The molecule has 4 heteroatoms. The van der Waals surface area contributed by atoms with E-state index in [1.54, 1.807) is 6.26 Å². The van der Waals surface area contributed by atoms with Gasteiger partial charge in [-0.1, -0.05) is 26.0 Å². The van der Waals surface area contributed by atoms with E-state index < -0.39 is 0 Å². The van der Waals surface area contributed by atoms with Gasteiger partial charge in [-0.15, -0.1) is 0 Å². The van der Waals surface area contributed by atoms with Gasteiger partial charge in [-0.05, 0) is 37.1 Å². The third kappa shape index (κ3) is 3.32. The number of aromatic nitrogens is 2. The number of rotatable bonds is 6. The molecule has 0 saturated carbocycles. The average Bonchev–Trinajstić information content (AvgIpc) is 3.15. The first kappa shape index (κ1) is 15.8. The van der Waals surface area contributed by atoms with Crippen LogP contribution in [0.25, 0.3) is 11.0 Å². The monoisotopic (exact) mass is 311 g/mol. The number of furan rings is 1. The summed E-state index contributed by atoms with van der Waals surface area (Å²) in [5, 5.41) is 0. The fourth-order valence-corrected chi connectivity index (χ4v) is 2.89. The Morgan fingerprint density at radius 1 is 1.09 bits per heavy atom. The summed E-state index contributed by atoms with van der Waals surface area (Å²) >= 11 is 0. The smallest absolute Gasteiger partial charge is 0.123 e. The Balaban J connectivity index is 1.88. The molecule has 1 atom stereocenters. The van der Waals surface area contributed by atoms with Crippen LogP contribution in [0.5, 0.6) is 0 Å². The van der Waals surface area contributed by atoms with E-state index in [-0.39, 0.29) is 0 Å². The summed E-state index contributed by atoms with van der Waals surface area (Å²) in [6.45, 7) is 8.40. The first-order chi connectivity index (χ1) is 11.1. The van der Waals surface area contributed by atoms with Crippen LogP contribution >= 0.6 is 0 Å². The van der Waals surface area contributed by atoms with Crippen molar-refractivity contribution < 1.29 is 4.42 Å². The molecule has 2 aromatic heterocycles. The van der Waals surface area contributed by atoms with Crippen LogP contribution in [-0.4, -0.2) is 20.5 Å². The maximum Gasteiger partial charge on any atom is 0.123 e. The van der Waals surface area contributed by atoms with Crippen molar-refractivity contribution in [2.45, 2.75) is 39.9 Å². The summed E-state index contributed by atoms with van der Waals surface area (Å²) in [5.74, 6) is 2.65. The van der Waals surface area contributed by atoms with E-state index >= 15 is 0 Å². The van der Waals surface area contributed by atoms with Gasteiger partial charge in [0.15, 0.2) is 0 Å². The Morgan fingerprint density at radius 3 is 2.52 bits per heavy atom. The van der Waals surface area contributed by atoms with Crippen LogP contribution in [0.15, 0.2) is 47.1 Å². The quantitative estimate of drug-likeness (QED) is 0.684. The third-order valence-electron chi connectivity index (χ3n) is 4.70. The Bertz CT molecular complexity index is 758. The van der Waals surface area contributed by atoms with Crippen LogP contribution < -0.4 is 0 Å². The highest BCUT2D eigenvalue weighted by Crippen LogP contribution is 2.20. The molecule has 0 N–H and O–H groups in total. The van der Waals surface area contributed by atoms with Crippen molar-refractivity contribution in [1.82, 2.24) is 14.5 Å². The zero-order chi connectivity index (χ0) is 16.4. The highest BCUT2D eigenvalue weighted by atomic mass is 16.3. The molecule has 4 nitrogen and oxygen atoms in total. The van der Waals surface area contributed by atoms with Gasteiger partial charge in [0.2, 0.25) is 0 Å². The minimum atomic E-state index is 0.444. The fourth-order valence-electron chi connectivity index (χ4n) is 2.89. The summed E-state index contributed by atoms with van der Waals surface area (Å²) in [6.07, 6.45) is 1.74. The standard InChI is InChI=1S/C19H25N3O/c1-14(2)15(3)22(12-16-8-7-11-23-16)13-19-20-17-9-5-6-10-18(17)21(19)4/h5-11,14-15H,12-13H2,1-4H3/t15-/m0/s1. The molecule has 122 valence electrons. The van der Waals surface area contributed by atoms with Crippen molar-refractivity contribution in [1.29, 1.82) is 0 Å². The first-order valence-corrected chi connectivity index (χ1v) is 8.23. The minimum Gasteiger partial charge on any atom is -0.468 e.